The Bertz CT molecular complexity index is 697. The first kappa shape index (κ1) is 20.8. The predicted octanol–water partition coefficient (Wildman–Crippen LogP) is 2.34. The minimum atomic E-state index is -0.259. The van der Waals surface area contributed by atoms with Crippen LogP contribution in [0.2, 0.25) is 0 Å². The Morgan fingerprint density at radius 1 is 1.03 bits per heavy atom. The number of piperazine rings is 1. The van der Waals surface area contributed by atoms with Gasteiger partial charge in [0.05, 0.1) is 6.10 Å². The third kappa shape index (κ3) is 4.68. The fraction of sp³-hybridized carbons (Fsp3) is 0.708. The first-order valence-electron chi connectivity index (χ1n) is 11.4. The Hall–Kier alpha value is -1.43. The molecule has 29 heavy (non-hydrogen) atoms. The zero-order valence-electron chi connectivity index (χ0n) is 18.3. The van der Waals surface area contributed by atoms with Crippen molar-refractivity contribution in [1.29, 1.82) is 0 Å². The maximum absolute atomic E-state index is 13.1. The number of amides is 1. The van der Waals surface area contributed by atoms with Gasteiger partial charge in [0.25, 0.3) is 5.91 Å². The lowest BCUT2D eigenvalue weighted by Gasteiger charge is -2.44. The van der Waals surface area contributed by atoms with Crippen molar-refractivity contribution in [3.05, 3.63) is 35.4 Å². The summed E-state index contributed by atoms with van der Waals surface area (Å²) in [6, 6.07) is 8.44. The SMILES string of the molecule is CC(C)Cc1ccc(C(=O)N2C[C@H]3C[C@@H](N4CCN(C)CC4)[C@H](O)C[C@H]3C2)cc1. The van der Waals surface area contributed by atoms with Gasteiger partial charge in [0.15, 0.2) is 0 Å². The number of likely N-dealkylation sites (N-methyl/N-ethyl adjacent to an activating group) is 1. The highest BCUT2D eigenvalue weighted by molar-refractivity contribution is 5.94. The molecule has 5 heteroatoms. The van der Waals surface area contributed by atoms with Gasteiger partial charge >= 0.3 is 0 Å². The van der Waals surface area contributed by atoms with E-state index in [0.717, 1.165) is 64.1 Å². The Balaban J connectivity index is 1.37. The molecule has 0 spiro atoms. The van der Waals surface area contributed by atoms with Crippen molar-refractivity contribution in [3.8, 4) is 0 Å². The maximum Gasteiger partial charge on any atom is 0.253 e. The second-order valence-electron chi connectivity index (χ2n) is 9.97. The normalized spacial score (nSPS) is 31.3. The number of hydrogen-bond donors (Lipinski definition) is 1. The quantitative estimate of drug-likeness (QED) is 0.844. The largest absolute Gasteiger partial charge is 0.391 e. The molecule has 0 bridgehead atoms. The van der Waals surface area contributed by atoms with Crippen LogP contribution in [0, 0.1) is 17.8 Å². The molecular formula is C24H37N3O2. The highest BCUT2D eigenvalue weighted by atomic mass is 16.3. The molecule has 2 saturated heterocycles. The van der Waals surface area contributed by atoms with Crippen molar-refractivity contribution < 1.29 is 9.90 Å². The molecule has 1 aliphatic carbocycles. The molecule has 4 rings (SSSR count). The van der Waals surface area contributed by atoms with Crippen molar-refractivity contribution >= 4 is 5.91 Å². The molecule has 5 nitrogen and oxygen atoms in total. The Labute approximate surface area is 175 Å². The highest BCUT2D eigenvalue weighted by Crippen LogP contribution is 2.39. The molecular weight excluding hydrogens is 362 g/mol. The van der Waals surface area contributed by atoms with E-state index in [2.05, 4.69) is 42.8 Å². The van der Waals surface area contributed by atoms with Crippen LogP contribution in [0.4, 0.5) is 0 Å². The average Bonchev–Trinajstić information content (AvgIpc) is 3.10. The summed E-state index contributed by atoms with van der Waals surface area (Å²) in [5, 5.41) is 10.8. The summed E-state index contributed by atoms with van der Waals surface area (Å²) >= 11 is 0. The summed E-state index contributed by atoms with van der Waals surface area (Å²) in [5.41, 5.74) is 2.09. The molecule has 0 unspecified atom stereocenters. The van der Waals surface area contributed by atoms with E-state index in [-0.39, 0.29) is 18.1 Å². The monoisotopic (exact) mass is 399 g/mol. The van der Waals surface area contributed by atoms with E-state index < -0.39 is 0 Å². The number of aliphatic hydroxyl groups is 1. The lowest BCUT2D eigenvalue weighted by atomic mass is 9.77. The number of nitrogens with zero attached hydrogens (tertiary/aromatic N) is 3. The third-order valence-electron chi connectivity index (χ3n) is 7.25. The van der Waals surface area contributed by atoms with Gasteiger partial charge < -0.3 is 14.9 Å². The van der Waals surface area contributed by atoms with Crippen LogP contribution in [0.25, 0.3) is 0 Å². The van der Waals surface area contributed by atoms with Gasteiger partial charge in [-0.15, -0.1) is 0 Å². The van der Waals surface area contributed by atoms with Crippen molar-refractivity contribution in [1.82, 2.24) is 14.7 Å². The van der Waals surface area contributed by atoms with Gasteiger partial charge in [0, 0.05) is 50.9 Å². The lowest BCUT2D eigenvalue weighted by molar-refractivity contribution is -0.0249. The van der Waals surface area contributed by atoms with Crippen LogP contribution in [0.15, 0.2) is 24.3 Å². The summed E-state index contributed by atoms with van der Waals surface area (Å²) in [6.45, 7) is 10.3. The number of hydrogen-bond acceptors (Lipinski definition) is 4. The second kappa shape index (κ2) is 8.75. The van der Waals surface area contributed by atoms with Crippen LogP contribution in [0.5, 0.6) is 0 Å². The Kier molecular flexibility index (Phi) is 6.28. The number of benzene rings is 1. The molecule has 3 fully saturated rings. The van der Waals surface area contributed by atoms with Crippen LogP contribution >= 0.6 is 0 Å². The van der Waals surface area contributed by atoms with Crippen LogP contribution in [0.3, 0.4) is 0 Å². The molecule has 2 heterocycles. The number of carbonyl (C=O) groups is 1. The zero-order valence-corrected chi connectivity index (χ0v) is 18.3. The van der Waals surface area contributed by atoms with Gasteiger partial charge in [-0.3, -0.25) is 9.69 Å². The fourth-order valence-electron chi connectivity index (χ4n) is 5.56. The smallest absolute Gasteiger partial charge is 0.253 e. The summed E-state index contributed by atoms with van der Waals surface area (Å²) in [6.07, 6.45) is 2.64. The van der Waals surface area contributed by atoms with Gasteiger partial charge in [-0.25, -0.2) is 0 Å². The van der Waals surface area contributed by atoms with Gasteiger partial charge in [-0.1, -0.05) is 26.0 Å². The van der Waals surface area contributed by atoms with Crippen LogP contribution in [-0.2, 0) is 6.42 Å². The number of likely N-dealkylation sites (tertiary alicyclic amines) is 1. The molecule has 160 valence electrons. The third-order valence-corrected chi connectivity index (χ3v) is 7.25. The van der Waals surface area contributed by atoms with Crippen molar-refractivity contribution in [2.45, 2.75) is 45.3 Å². The second-order valence-corrected chi connectivity index (χ2v) is 9.97. The summed E-state index contributed by atoms with van der Waals surface area (Å²) in [5.74, 6) is 1.74. The predicted molar refractivity (Wildman–Crippen MR) is 116 cm³/mol. The Morgan fingerprint density at radius 3 is 2.28 bits per heavy atom. The molecule has 4 atom stereocenters. The van der Waals surface area contributed by atoms with Gasteiger partial charge in [0.2, 0.25) is 0 Å². The lowest BCUT2D eigenvalue weighted by Crippen LogP contribution is -2.55. The number of fused-ring (bicyclic) bond motifs is 1. The molecule has 2 aliphatic heterocycles. The minimum absolute atomic E-state index is 0.154. The van der Waals surface area contributed by atoms with Gasteiger partial charge in [-0.05, 0) is 61.8 Å². The van der Waals surface area contributed by atoms with E-state index in [4.69, 9.17) is 0 Å². The van der Waals surface area contributed by atoms with E-state index in [9.17, 15) is 9.90 Å². The summed E-state index contributed by atoms with van der Waals surface area (Å²) in [7, 11) is 2.17. The molecule has 1 aromatic carbocycles. The first-order chi connectivity index (χ1) is 13.9. The fourth-order valence-corrected chi connectivity index (χ4v) is 5.56. The molecule has 1 aromatic rings. The van der Waals surface area contributed by atoms with Crippen LogP contribution < -0.4 is 0 Å². The van der Waals surface area contributed by atoms with Crippen LogP contribution in [-0.4, -0.2) is 84.2 Å². The maximum atomic E-state index is 13.1. The van der Waals surface area contributed by atoms with Crippen LogP contribution in [0.1, 0.15) is 42.6 Å². The molecule has 3 aliphatic rings. The minimum Gasteiger partial charge on any atom is -0.391 e. The summed E-state index contributed by atoms with van der Waals surface area (Å²) < 4.78 is 0. The van der Waals surface area contributed by atoms with E-state index in [1.807, 2.05) is 17.0 Å². The van der Waals surface area contributed by atoms with Crippen molar-refractivity contribution in [3.63, 3.8) is 0 Å². The first-order valence-corrected chi connectivity index (χ1v) is 11.4. The van der Waals surface area contributed by atoms with Gasteiger partial charge in [0.1, 0.15) is 0 Å². The standard InChI is InChI=1S/C24H37N3O2/c1-17(2)12-18-4-6-19(7-5-18)24(29)27-15-20-13-22(23(28)14-21(20)16-27)26-10-8-25(3)9-11-26/h4-7,17,20-23,28H,8-16H2,1-3H3/t20-,21+,22-,23-/m1/s1. The van der Waals surface area contributed by atoms with Crippen molar-refractivity contribution in [2.75, 3.05) is 46.3 Å². The molecule has 1 N–H and O–H groups in total. The van der Waals surface area contributed by atoms with E-state index >= 15 is 0 Å². The highest BCUT2D eigenvalue weighted by Gasteiger charge is 2.44. The average molecular weight is 400 g/mol. The van der Waals surface area contributed by atoms with E-state index in [1.54, 1.807) is 0 Å². The summed E-state index contributed by atoms with van der Waals surface area (Å²) in [4.78, 5) is 19.9. The number of carbonyl (C=O) groups excluding carboxylic acids is 1. The van der Waals surface area contributed by atoms with E-state index in [1.165, 1.54) is 5.56 Å². The molecule has 0 radical (unpaired) electrons. The number of rotatable bonds is 4. The topological polar surface area (TPSA) is 47.0 Å². The zero-order chi connectivity index (χ0) is 20.5. The Morgan fingerprint density at radius 2 is 1.66 bits per heavy atom. The van der Waals surface area contributed by atoms with Crippen molar-refractivity contribution in [2.24, 2.45) is 17.8 Å². The number of aliphatic hydroxyl groups excluding tert-OH is 1. The molecule has 1 saturated carbocycles. The molecule has 0 aromatic heterocycles. The van der Waals surface area contributed by atoms with E-state index in [0.29, 0.717) is 17.8 Å². The van der Waals surface area contributed by atoms with Gasteiger partial charge in [-0.2, -0.15) is 0 Å². The molecule has 1 amide bonds.